The highest BCUT2D eigenvalue weighted by Gasteiger charge is 2.22. The topological polar surface area (TPSA) is 18.5 Å². The maximum absolute atomic E-state index is 6.38. The summed E-state index contributed by atoms with van der Waals surface area (Å²) >= 11 is 0. The first kappa shape index (κ1) is 31.1. The zero-order valence-electron chi connectivity index (χ0n) is 21.3. The summed E-state index contributed by atoms with van der Waals surface area (Å²) in [7, 11) is 2.70. The fourth-order valence-corrected chi connectivity index (χ4v) is 12.2. The van der Waals surface area contributed by atoms with Crippen molar-refractivity contribution in [2.45, 2.75) is 129 Å². The molecule has 0 aliphatic carbocycles. The highest BCUT2D eigenvalue weighted by molar-refractivity contribution is 8.76. The summed E-state index contributed by atoms with van der Waals surface area (Å²) in [6, 6.07) is 5.52. The van der Waals surface area contributed by atoms with Crippen LogP contribution in [0, 0.1) is 0 Å². The Labute approximate surface area is 201 Å². The van der Waals surface area contributed by atoms with Crippen LogP contribution in [0.25, 0.3) is 0 Å². The SMILES string of the molecule is CCCCCOC(CCSSCCC(OCCCCC)[SiH](CC)CC)[SiH](CC)CC. The molecule has 0 spiro atoms. The molecule has 0 amide bonds. The summed E-state index contributed by atoms with van der Waals surface area (Å²) in [6.07, 6.45) is 10.2. The van der Waals surface area contributed by atoms with Gasteiger partial charge in [0.15, 0.2) is 0 Å². The predicted molar refractivity (Wildman–Crippen MR) is 149 cm³/mol. The van der Waals surface area contributed by atoms with Gasteiger partial charge in [0, 0.05) is 36.2 Å². The molecule has 2 nitrogen and oxygen atoms in total. The zero-order valence-corrected chi connectivity index (χ0v) is 25.2. The monoisotopic (exact) mass is 494 g/mol. The van der Waals surface area contributed by atoms with E-state index in [9.17, 15) is 0 Å². The van der Waals surface area contributed by atoms with Crippen molar-refractivity contribution in [2.75, 3.05) is 24.7 Å². The third-order valence-corrected chi connectivity index (χ3v) is 16.2. The molecule has 0 rings (SSSR count). The first-order valence-corrected chi connectivity index (χ1v) is 20.2. The van der Waals surface area contributed by atoms with E-state index in [4.69, 9.17) is 9.47 Å². The Morgan fingerprint density at radius 3 is 1.23 bits per heavy atom. The Balaban J connectivity index is 4.21. The molecule has 2 atom stereocenters. The van der Waals surface area contributed by atoms with Crippen LogP contribution in [-0.4, -0.2) is 53.8 Å². The number of hydrogen-bond donors (Lipinski definition) is 0. The van der Waals surface area contributed by atoms with Gasteiger partial charge in [-0.1, -0.05) is 113 Å². The Morgan fingerprint density at radius 1 is 0.567 bits per heavy atom. The maximum atomic E-state index is 6.38. The Hall–Kier alpha value is 1.05. The van der Waals surface area contributed by atoms with E-state index in [2.05, 4.69) is 63.1 Å². The minimum Gasteiger partial charge on any atom is -0.382 e. The van der Waals surface area contributed by atoms with Crippen molar-refractivity contribution in [3.63, 3.8) is 0 Å². The molecule has 0 radical (unpaired) electrons. The van der Waals surface area contributed by atoms with Gasteiger partial charge in [-0.3, -0.25) is 0 Å². The molecule has 0 aromatic heterocycles. The van der Waals surface area contributed by atoms with Crippen LogP contribution in [0.4, 0.5) is 0 Å². The average molecular weight is 495 g/mol. The second-order valence-corrected chi connectivity index (χ2v) is 19.1. The fraction of sp³-hybridized carbons (Fsp3) is 1.00. The molecule has 6 heteroatoms. The van der Waals surface area contributed by atoms with Gasteiger partial charge >= 0.3 is 0 Å². The van der Waals surface area contributed by atoms with Crippen LogP contribution < -0.4 is 0 Å². The molecule has 0 aliphatic rings. The van der Waals surface area contributed by atoms with Crippen LogP contribution >= 0.6 is 21.6 Å². The third kappa shape index (κ3) is 15.8. The van der Waals surface area contributed by atoms with Crippen molar-refractivity contribution in [3.8, 4) is 0 Å². The summed E-state index contributed by atoms with van der Waals surface area (Å²) < 4.78 is 12.8. The molecule has 0 saturated carbocycles. The minimum atomic E-state index is -0.735. The highest BCUT2D eigenvalue weighted by Crippen LogP contribution is 2.27. The van der Waals surface area contributed by atoms with Crippen molar-refractivity contribution in [2.24, 2.45) is 0 Å². The minimum absolute atomic E-state index is 0.594. The molecule has 0 fully saturated rings. The molecule has 0 N–H and O–H groups in total. The first-order valence-electron chi connectivity index (χ1n) is 13.2. The molecule has 30 heavy (non-hydrogen) atoms. The normalized spacial score (nSPS) is 14.0. The summed E-state index contributed by atoms with van der Waals surface area (Å²) in [4.78, 5) is 0. The number of ether oxygens (including phenoxy) is 2. The smallest absolute Gasteiger partial charge is 0.0712 e. The zero-order chi connectivity index (χ0) is 22.5. The van der Waals surface area contributed by atoms with Crippen molar-refractivity contribution in [1.29, 1.82) is 0 Å². The standard InChI is InChI=1S/C24H54O2S2Si2/c1-7-13-15-19-25-23(29(9-3)10-4)17-21-27-28-22-18-24(30(11-5)12-6)26-20-16-14-8-2/h23-24,29-30H,7-22H2,1-6H3. The van der Waals surface area contributed by atoms with Crippen LogP contribution in [-0.2, 0) is 9.47 Å². The Kier molecular flexibility index (Phi) is 24.0. The maximum Gasteiger partial charge on any atom is 0.0712 e. The van der Waals surface area contributed by atoms with E-state index in [1.165, 1.54) is 87.0 Å². The van der Waals surface area contributed by atoms with Crippen LogP contribution in [0.2, 0.25) is 24.2 Å². The Morgan fingerprint density at radius 2 is 0.933 bits per heavy atom. The molecular weight excluding hydrogens is 441 g/mol. The first-order chi connectivity index (χ1) is 14.7. The van der Waals surface area contributed by atoms with Gasteiger partial charge in [-0.25, -0.2) is 0 Å². The Bertz CT molecular complexity index is 311. The van der Waals surface area contributed by atoms with Gasteiger partial charge in [0.25, 0.3) is 0 Å². The molecule has 0 bridgehead atoms. The summed E-state index contributed by atoms with van der Waals surface area (Å²) in [6.45, 7) is 16.0. The summed E-state index contributed by atoms with van der Waals surface area (Å²) in [5, 5.41) is 0. The van der Waals surface area contributed by atoms with E-state index in [0.717, 1.165) is 13.2 Å². The highest BCUT2D eigenvalue weighted by atomic mass is 33.1. The van der Waals surface area contributed by atoms with Gasteiger partial charge in [0.05, 0.1) is 17.6 Å². The van der Waals surface area contributed by atoms with E-state index in [0.29, 0.717) is 11.5 Å². The van der Waals surface area contributed by atoms with Crippen molar-refractivity contribution >= 4 is 39.2 Å². The number of rotatable bonds is 23. The van der Waals surface area contributed by atoms with Crippen LogP contribution in [0.15, 0.2) is 0 Å². The largest absolute Gasteiger partial charge is 0.382 e. The van der Waals surface area contributed by atoms with Crippen molar-refractivity contribution in [3.05, 3.63) is 0 Å². The molecule has 0 aromatic rings. The lowest BCUT2D eigenvalue weighted by Gasteiger charge is -2.25. The van der Waals surface area contributed by atoms with Gasteiger partial charge in [-0.15, -0.1) is 0 Å². The molecular formula is C24H54O2S2Si2. The van der Waals surface area contributed by atoms with E-state index < -0.39 is 17.6 Å². The molecule has 182 valence electrons. The quantitative estimate of drug-likeness (QED) is 0.0815. The predicted octanol–water partition coefficient (Wildman–Crippen LogP) is 7.91. The van der Waals surface area contributed by atoms with Gasteiger partial charge in [-0.05, 0) is 25.7 Å². The van der Waals surface area contributed by atoms with Gasteiger partial charge in [0.1, 0.15) is 0 Å². The second kappa shape index (κ2) is 23.2. The van der Waals surface area contributed by atoms with Crippen LogP contribution in [0.1, 0.15) is 92.9 Å². The third-order valence-electron chi connectivity index (χ3n) is 6.36. The number of hydrogen-bond acceptors (Lipinski definition) is 4. The van der Waals surface area contributed by atoms with Gasteiger partial charge < -0.3 is 9.47 Å². The molecule has 0 aromatic carbocycles. The molecule has 2 unspecified atom stereocenters. The van der Waals surface area contributed by atoms with E-state index in [1.54, 1.807) is 0 Å². The molecule has 0 saturated heterocycles. The van der Waals surface area contributed by atoms with Gasteiger partial charge in [0.2, 0.25) is 0 Å². The van der Waals surface area contributed by atoms with Crippen LogP contribution in [0.3, 0.4) is 0 Å². The fourth-order valence-electron chi connectivity index (χ4n) is 4.16. The summed E-state index contributed by atoms with van der Waals surface area (Å²) in [5.41, 5.74) is 1.19. The van der Waals surface area contributed by atoms with E-state index in [-0.39, 0.29) is 0 Å². The van der Waals surface area contributed by atoms with Crippen LogP contribution in [0.5, 0.6) is 0 Å². The van der Waals surface area contributed by atoms with E-state index >= 15 is 0 Å². The molecule has 0 heterocycles. The van der Waals surface area contributed by atoms with Crippen molar-refractivity contribution < 1.29 is 9.47 Å². The van der Waals surface area contributed by atoms with Crippen molar-refractivity contribution in [1.82, 2.24) is 0 Å². The molecule has 0 aliphatic heterocycles. The number of unbranched alkanes of at least 4 members (excludes halogenated alkanes) is 4. The lowest BCUT2D eigenvalue weighted by atomic mass is 10.3. The lowest BCUT2D eigenvalue weighted by molar-refractivity contribution is 0.0963. The summed E-state index contributed by atoms with van der Waals surface area (Å²) in [5.74, 6) is 2.49. The lowest BCUT2D eigenvalue weighted by Crippen LogP contribution is -2.33. The second-order valence-electron chi connectivity index (χ2n) is 8.61. The average Bonchev–Trinajstić information content (AvgIpc) is 2.76. The van der Waals surface area contributed by atoms with Gasteiger partial charge in [-0.2, -0.15) is 0 Å². The van der Waals surface area contributed by atoms with E-state index in [1.807, 2.05) is 0 Å².